The number of rotatable bonds is 4. The molecule has 0 bridgehead atoms. The van der Waals surface area contributed by atoms with Gasteiger partial charge in [-0.1, -0.05) is 30.3 Å². The quantitative estimate of drug-likeness (QED) is 0.629. The molecular weight excluding hydrogens is 330 g/mol. The van der Waals surface area contributed by atoms with E-state index in [-0.39, 0.29) is 30.9 Å². The Morgan fingerprint density at radius 1 is 1.16 bits per heavy atom. The average molecular weight is 346 g/mol. The van der Waals surface area contributed by atoms with E-state index in [1.54, 1.807) is 24.3 Å². The molecule has 0 radical (unpaired) electrons. The van der Waals surface area contributed by atoms with E-state index < -0.39 is 28.6 Å². The fourth-order valence-electron chi connectivity index (χ4n) is 3.24. The van der Waals surface area contributed by atoms with E-state index in [4.69, 9.17) is 0 Å². The molecule has 25 heavy (non-hydrogen) atoms. The number of hydrogen-bond acceptors (Lipinski definition) is 3. The van der Waals surface area contributed by atoms with Gasteiger partial charge in [-0.3, -0.25) is 14.9 Å². The van der Waals surface area contributed by atoms with Gasteiger partial charge in [0.05, 0.1) is 0 Å². The van der Waals surface area contributed by atoms with Crippen LogP contribution in [0, 0.1) is 21.7 Å². The van der Waals surface area contributed by atoms with E-state index >= 15 is 0 Å². The summed E-state index contributed by atoms with van der Waals surface area (Å²) in [6.45, 7) is 0.102. The lowest BCUT2D eigenvalue weighted by molar-refractivity contribution is -0.534. The van der Waals surface area contributed by atoms with Gasteiger partial charge in [0, 0.05) is 29.9 Å². The number of nitro groups is 1. The molecule has 2 aromatic rings. The van der Waals surface area contributed by atoms with Crippen LogP contribution in [0.4, 0.5) is 8.78 Å². The summed E-state index contributed by atoms with van der Waals surface area (Å²) in [6, 6.07) is 9.43. The van der Waals surface area contributed by atoms with Crippen molar-refractivity contribution in [3.05, 3.63) is 81.4 Å². The van der Waals surface area contributed by atoms with Crippen LogP contribution >= 0.6 is 0 Å². The highest BCUT2D eigenvalue weighted by atomic mass is 19.1. The van der Waals surface area contributed by atoms with Gasteiger partial charge in [-0.2, -0.15) is 0 Å². The summed E-state index contributed by atoms with van der Waals surface area (Å²) in [5.41, 5.74) is 0.604. The minimum absolute atomic E-state index is 0.00224. The topological polar surface area (TPSA) is 63.4 Å². The van der Waals surface area contributed by atoms with Gasteiger partial charge < -0.3 is 4.90 Å². The maximum absolute atomic E-state index is 14.3. The van der Waals surface area contributed by atoms with E-state index in [0.29, 0.717) is 0 Å². The lowest BCUT2D eigenvalue weighted by Crippen LogP contribution is -2.48. The zero-order chi connectivity index (χ0) is 18.0. The molecule has 0 spiro atoms. The van der Waals surface area contributed by atoms with Crippen molar-refractivity contribution in [2.45, 2.75) is 31.5 Å². The predicted molar refractivity (Wildman–Crippen MR) is 86.1 cm³/mol. The van der Waals surface area contributed by atoms with Gasteiger partial charge in [0.15, 0.2) is 0 Å². The van der Waals surface area contributed by atoms with Crippen LogP contribution in [0.2, 0.25) is 0 Å². The average Bonchev–Trinajstić information content (AvgIpc) is 2.59. The largest absolute Gasteiger partial charge is 0.324 e. The molecule has 0 aromatic heterocycles. The van der Waals surface area contributed by atoms with Crippen molar-refractivity contribution in [3.8, 4) is 0 Å². The number of hydrogen-bond donors (Lipinski definition) is 0. The summed E-state index contributed by atoms with van der Waals surface area (Å²) in [4.78, 5) is 24.7. The summed E-state index contributed by atoms with van der Waals surface area (Å²) >= 11 is 0. The number of nitrogens with zero attached hydrogens (tertiary/aromatic N) is 2. The van der Waals surface area contributed by atoms with E-state index in [0.717, 1.165) is 23.8 Å². The minimum atomic E-state index is -1.18. The first-order valence-corrected chi connectivity index (χ1v) is 7.89. The molecule has 1 unspecified atom stereocenters. The standard InChI is InChI=1S/C18H16F2N2O3/c19-13-6-7-15(20)14(10-13)18-16(22(24)25)8-9-17(23)21(18)11-12-4-2-1-3-5-12/h1-7,10,16,18H,8-9,11H2/t16-,18?/m0/s1. The second-order valence-electron chi connectivity index (χ2n) is 6.01. The molecule has 5 nitrogen and oxygen atoms in total. The fourth-order valence-corrected chi connectivity index (χ4v) is 3.24. The third-order valence-corrected chi connectivity index (χ3v) is 4.42. The molecule has 0 saturated carbocycles. The first-order chi connectivity index (χ1) is 12.0. The van der Waals surface area contributed by atoms with Gasteiger partial charge in [0.25, 0.3) is 0 Å². The summed E-state index contributed by atoms with van der Waals surface area (Å²) < 4.78 is 27.9. The molecular formula is C18H16F2N2O3. The number of carbonyl (C=O) groups is 1. The number of piperidine rings is 1. The lowest BCUT2D eigenvalue weighted by atomic mass is 9.89. The van der Waals surface area contributed by atoms with Crippen LogP contribution in [0.25, 0.3) is 0 Å². The van der Waals surface area contributed by atoms with Crippen molar-refractivity contribution >= 4 is 5.91 Å². The summed E-state index contributed by atoms with van der Waals surface area (Å²) in [5.74, 6) is -1.77. The van der Waals surface area contributed by atoms with Crippen LogP contribution in [-0.4, -0.2) is 21.8 Å². The van der Waals surface area contributed by atoms with Crippen molar-refractivity contribution in [1.29, 1.82) is 0 Å². The third kappa shape index (κ3) is 3.50. The fraction of sp³-hybridized carbons (Fsp3) is 0.278. The molecule has 0 N–H and O–H groups in total. The molecule has 2 atom stereocenters. The summed E-state index contributed by atoms with van der Waals surface area (Å²) in [6.07, 6.45) is 0.00363. The molecule has 2 aromatic carbocycles. The molecule has 130 valence electrons. The van der Waals surface area contributed by atoms with Crippen LogP contribution in [0.1, 0.15) is 30.0 Å². The predicted octanol–water partition coefficient (Wildman–Crippen LogP) is 3.47. The maximum atomic E-state index is 14.3. The molecule has 1 aliphatic rings. The van der Waals surface area contributed by atoms with E-state index in [9.17, 15) is 23.7 Å². The first kappa shape index (κ1) is 17.0. The molecule has 3 rings (SSSR count). The van der Waals surface area contributed by atoms with Gasteiger partial charge in [-0.25, -0.2) is 8.78 Å². The first-order valence-electron chi connectivity index (χ1n) is 7.89. The summed E-state index contributed by atoms with van der Waals surface area (Å²) in [5, 5.41) is 11.5. The van der Waals surface area contributed by atoms with Gasteiger partial charge in [0.1, 0.15) is 17.7 Å². The highest BCUT2D eigenvalue weighted by molar-refractivity contribution is 5.78. The van der Waals surface area contributed by atoms with Crippen molar-refractivity contribution in [1.82, 2.24) is 4.90 Å². The molecule has 1 saturated heterocycles. The van der Waals surface area contributed by atoms with Crippen LogP contribution in [0.5, 0.6) is 0 Å². The monoisotopic (exact) mass is 346 g/mol. The van der Waals surface area contributed by atoms with E-state index in [1.165, 1.54) is 4.90 Å². The number of benzene rings is 2. The van der Waals surface area contributed by atoms with Crippen LogP contribution in [-0.2, 0) is 11.3 Å². The molecule has 1 heterocycles. The Morgan fingerprint density at radius 3 is 2.56 bits per heavy atom. The second-order valence-corrected chi connectivity index (χ2v) is 6.01. The molecule has 1 amide bonds. The third-order valence-electron chi connectivity index (χ3n) is 4.42. The van der Waals surface area contributed by atoms with Gasteiger partial charge in [0.2, 0.25) is 11.9 Å². The maximum Gasteiger partial charge on any atom is 0.237 e. The highest BCUT2D eigenvalue weighted by Gasteiger charge is 2.45. The number of carbonyl (C=O) groups excluding carboxylic acids is 1. The Morgan fingerprint density at radius 2 is 1.88 bits per heavy atom. The van der Waals surface area contributed by atoms with Crippen molar-refractivity contribution in [2.24, 2.45) is 0 Å². The van der Waals surface area contributed by atoms with Crippen molar-refractivity contribution < 1.29 is 18.5 Å². The van der Waals surface area contributed by atoms with E-state index in [2.05, 4.69) is 0 Å². The van der Waals surface area contributed by atoms with E-state index in [1.807, 2.05) is 6.07 Å². The Balaban J connectivity index is 2.06. The Hall–Kier alpha value is -2.83. The van der Waals surface area contributed by atoms with Gasteiger partial charge in [-0.05, 0) is 23.8 Å². The summed E-state index contributed by atoms with van der Waals surface area (Å²) in [7, 11) is 0. The van der Waals surface area contributed by atoms with Crippen LogP contribution in [0.3, 0.4) is 0 Å². The molecule has 0 aliphatic carbocycles. The Labute approximate surface area is 143 Å². The smallest absolute Gasteiger partial charge is 0.237 e. The zero-order valence-electron chi connectivity index (χ0n) is 13.3. The molecule has 1 aliphatic heterocycles. The number of likely N-dealkylation sites (tertiary alicyclic amines) is 1. The SMILES string of the molecule is O=C1CC[C@H]([N+](=O)[O-])C(c2cc(F)ccc2F)N1Cc1ccccc1. The molecule has 1 fully saturated rings. The zero-order valence-corrected chi connectivity index (χ0v) is 13.3. The van der Waals surface area contributed by atoms with Gasteiger partial charge in [-0.15, -0.1) is 0 Å². The second kappa shape index (κ2) is 6.96. The van der Waals surface area contributed by atoms with Crippen LogP contribution < -0.4 is 0 Å². The van der Waals surface area contributed by atoms with Crippen molar-refractivity contribution in [2.75, 3.05) is 0 Å². The number of halogens is 2. The van der Waals surface area contributed by atoms with Crippen LogP contribution in [0.15, 0.2) is 48.5 Å². The Bertz CT molecular complexity index is 798. The van der Waals surface area contributed by atoms with Crippen molar-refractivity contribution in [3.63, 3.8) is 0 Å². The van der Waals surface area contributed by atoms with Gasteiger partial charge >= 0.3 is 0 Å². The number of amides is 1. The lowest BCUT2D eigenvalue weighted by Gasteiger charge is -2.37. The minimum Gasteiger partial charge on any atom is -0.324 e. The molecule has 7 heteroatoms. The Kier molecular flexibility index (Phi) is 4.74. The normalized spacial score (nSPS) is 20.6. The highest BCUT2D eigenvalue weighted by Crippen LogP contribution is 2.36.